The zero-order valence-electron chi connectivity index (χ0n) is 15.8. The number of hydrogen-bond donors (Lipinski definition) is 0. The average Bonchev–Trinajstić information content (AvgIpc) is 2.18. The highest BCUT2D eigenvalue weighted by Gasteiger charge is 2.64. The minimum absolute atomic E-state index is 0.125. The van der Waals surface area contributed by atoms with Gasteiger partial charge >= 0.3 is 0 Å². The standard InChI is InChI=1S/C16H36O3SSi/c1-11-12-13-20(17,18)19-21(14(2,3)4,15(5,6)7)16(8,9)10/h11-13H2,1-10H3. The van der Waals surface area contributed by atoms with Gasteiger partial charge in [-0.3, -0.25) is 0 Å². The van der Waals surface area contributed by atoms with E-state index in [9.17, 15) is 8.42 Å². The highest BCUT2D eigenvalue weighted by molar-refractivity contribution is 7.87. The third-order valence-electron chi connectivity index (χ3n) is 4.17. The van der Waals surface area contributed by atoms with Crippen molar-refractivity contribution in [2.45, 2.75) is 97.2 Å². The lowest BCUT2D eigenvalue weighted by molar-refractivity contribution is 0.367. The van der Waals surface area contributed by atoms with Crippen LogP contribution in [0.2, 0.25) is 15.1 Å². The van der Waals surface area contributed by atoms with Crippen molar-refractivity contribution >= 4 is 18.4 Å². The fraction of sp³-hybridized carbons (Fsp3) is 1.00. The highest BCUT2D eigenvalue weighted by atomic mass is 32.2. The Balaban J connectivity index is 6.09. The minimum Gasteiger partial charge on any atom is -0.313 e. The summed E-state index contributed by atoms with van der Waals surface area (Å²) in [5.41, 5.74) is 0. The van der Waals surface area contributed by atoms with Gasteiger partial charge in [0, 0.05) is 0 Å². The fourth-order valence-corrected chi connectivity index (χ4v) is 16.6. The van der Waals surface area contributed by atoms with E-state index in [0.29, 0.717) is 6.42 Å². The molecule has 0 aliphatic rings. The fourth-order valence-electron chi connectivity index (χ4n) is 4.30. The molecule has 0 aliphatic heterocycles. The molecule has 0 spiro atoms. The van der Waals surface area contributed by atoms with Gasteiger partial charge in [-0.25, -0.2) is 8.42 Å². The summed E-state index contributed by atoms with van der Waals surface area (Å²) >= 11 is 0. The van der Waals surface area contributed by atoms with Crippen molar-refractivity contribution in [2.24, 2.45) is 0 Å². The first-order valence-corrected chi connectivity index (χ1v) is 11.4. The molecule has 0 saturated carbocycles. The van der Waals surface area contributed by atoms with Gasteiger partial charge in [0.1, 0.15) is 0 Å². The molecule has 0 saturated heterocycles. The van der Waals surface area contributed by atoms with Crippen LogP contribution in [-0.2, 0) is 14.0 Å². The quantitative estimate of drug-likeness (QED) is 0.624. The third kappa shape index (κ3) is 4.55. The molecule has 0 radical (unpaired) electrons. The molecule has 0 bridgehead atoms. The molecular formula is C16H36O3SSi. The molecule has 0 N–H and O–H groups in total. The van der Waals surface area contributed by atoms with Crippen LogP contribution in [-0.4, -0.2) is 22.5 Å². The van der Waals surface area contributed by atoms with E-state index in [4.69, 9.17) is 3.87 Å². The first-order chi connectivity index (χ1) is 9.02. The average molecular weight is 337 g/mol. The topological polar surface area (TPSA) is 43.4 Å². The zero-order valence-corrected chi connectivity index (χ0v) is 17.6. The molecule has 0 fully saturated rings. The van der Waals surface area contributed by atoms with Crippen molar-refractivity contribution < 1.29 is 12.3 Å². The molecule has 0 heterocycles. The van der Waals surface area contributed by atoms with Gasteiger partial charge in [0.25, 0.3) is 10.1 Å². The maximum absolute atomic E-state index is 12.6. The lowest BCUT2D eigenvalue weighted by Gasteiger charge is -2.56. The number of unbranched alkanes of at least 4 members (excludes halogenated alkanes) is 1. The van der Waals surface area contributed by atoms with Gasteiger partial charge in [-0.15, -0.1) is 0 Å². The largest absolute Gasteiger partial charge is 0.313 e. The van der Waals surface area contributed by atoms with Crippen molar-refractivity contribution in [3.63, 3.8) is 0 Å². The van der Waals surface area contributed by atoms with E-state index in [0.717, 1.165) is 6.42 Å². The smallest absolute Gasteiger partial charge is 0.257 e. The Bertz CT molecular complexity index is 398. The minimum atomic E-state index is -3.49. The van der Waals surface area contributed by atoms with Crippen LogP contribution in [0.4, 0.5) is 0 Å². The van der Waals surface area contributed by atoms with Crippen molar-refractivity contribution in [1.29, 1.82) is 0 Å². The van der Waals surface area contributed by atoms with Crippen molar-refractivity contribution in [2.75, 3.05) is 5.75 Å². The molecule has 0 rings (SSSR count). The summed E-state index contributed by atoms with van der Waals surface area (Å²) < 4.78 is 31.2. The predicted molar refractivity (Wildman–Crippen MR) is 94.7 cm³/mol. The monoisotopic (exact) mass is 336 g/mol. The maximum Gasteiger partial charge on any atom is 0.257 e. The summed E-state index contributed by atoms with van der Waals surface area (Å²) in [6.07, 6.45) is 1.52. The lowest BCUT2D eigenvalue weighted by atomic mass is 10.2. The Morgan fingerprint density at radius 3 is 1.38 bits per heavy atom. The second-order valence-electron chi connectivity index (χ2n) is 9.13. The number of hydrogen-bond acceptors (Lipinski definition) is 3. The molecule has 0 unspecified atom stereocenters. The van der Waals surface area contributed by atoms with E-state index in [-0.39, 0.29) is 20.9 Å². The molecule has 0 amide bonds. The summed E-state index contributed by atoms with van der Waals surface area (Å²) in [4.78, 5) is 0. The second-order valence-corrected chi connectivity index (χ2v) is 17.2. The Labute approximate surface area is 134 Å². The number of rotatable bonds is 5. The van der Waals surface area contributed by atoms with Crippen LogP contribution in [0.3, 0.4) is 0 Å². The SMILES string of the molecule is CCCCS(=O)(=O)O[Si](C(C)(C)C)(C(C)(C)C)C(C)(C)C. The van der Waals surface area contributed by atoms with E-state index < -0.39 is 18.4 Å². The maximum atomic E-state index is 12.6. The molecule has 128 valence electrons. The van der Waals surface area contributed by atoms with Crippen LogP contribution in [0.5, 0.6) is 0 Å². The Hall–Kier alpha value is 0.127. The Morgan fingerprint density at radius 1 is 0.810 bits per heavy atom. The van der Waals surface area contributed by atoms with Crippen LogP contribution in [0, 0.1) is 0 Å². The molecular weight excluding hydrogens is 300 g/mol. The molecule has 0 aromatic carbocycles. The van der Waals surface area contributed by atoms with Crippen LogP contribution in [0.15, 0.2) is 0 Å². The molecule has 3 nitrogen and oxygen atoms in total. The zero-order chi connectivity index (χ0) is 17.3. The van der Waals surface area contributed by atoms with Gasteiger partial charge in [-0.05, 0) is 21.5 Å². The third-order valence-corrected chi connectivity index (χ3v) is 13.3. The van der Waals surface area contributed by atoms with Crippen molar-refractivity contribution in [3.8, 4) is 0 Å². The van der Waals surface area contributed by atoms with Crippen LogP contribution in [0.25, 0.3) is 0 Å². The summed E-state index contributed by atoms with van der Waals surface area (Å²) in [5.74, 6) is 0.125. The van der Waals surface area contributed by atoms with E-state index in [2.05, 4.69) is 62.3 Å². The summed E-state index contributed by atoms with van der Waals surface area (Å²) in [5, 5.41) is -0.533. The summed E-state index contributed by atoms with van der Waals surface area (Å²) in [6.45, 7) is 21.2. The Morgan fingerprint density at radius 2 is 1.14 bits per heavy atom. The summed E-state index contributed by atoms with van der Waals surface area (Å²) in [6, 6.07) is 0. The molecule has 0 aromatic heterocycles. The molecule has 21 heavy (non-hydrogen) atoms. The first-order valence-electron chi connectivity index (χ1n) is 7.95. The van der Waals surface area contributed by atoms with Crippen LogP contribution >= 0.6 is 0 Å². The second kappa shape index (κ2) is 6.32. The highest BCUT2D eigenvalue weighted by Crippen LogP contribution is 2.62. The molecule has 5 heteroatoms. The van der Waals surface area contributed by atoms with Crippen LogP contribution in [0.1, 0.15) is 82.1 Å². The van der Waals surface area contributed by atoms with Gasteiger partial charge in [0.15, 0.2) is 0 Å². The van der Waals surface area contributed by atoms with Crippen LogP contribution < -0.4 is 0 Å². The Kier molecular flexibility index (Phi) is 6.36. The van der Waals surface area contributed by atoms with E-state index in [1.165, 1.54) is 0 Å². The summed E-state index contributed by atoms with van der Waals surface area (Å²) in [7, 11) is -6.16. The predicted octanol–water partition coefficient (Wildman–Crippen LogP) is 5.48. The normalized spacial score (nSPS) is 15.3. The van der Waals surface area contributed by atoms with E-state index in [1.54, 1.807) is 0 Å². The molecule has 0 aromatic rings. The van der Waals surface area contributed by atoms with Gasteiger partial charge < -0.3 is 3.87 Å². The lowest BCUT2D eigenvalue weighted by Crippen LogP contribution is -2.61. The van der Waals surface area contributed by atoms with Crippen molar-refractivity contribution in [3.05, 3.63) is 0 Å². The molecule has 0 aliphatic carbocycles. The van der Waals surface area contributed by atoms with Gasteiger partial charge in [-0.1, -0.05) is 75.7 Å². The van der Waals surface area contributed by atoms with Crippen molar-refractivity contribution in [1.82, 2.24) is 0 Å². The first kappa shape index (κ1) is 21.1. The van der Waals surface area contributed by atoms with E-state index in [1.807, 2.05) is 6.92 Å². The van der Waals surface area contributed by atoms with Gasteiger partial charge in [0.05, 0.1) is 5.75 Å². The molecule has 0 atom stereocenters. The van der Waals surface area contributed by atoms with Gasteiger partial charge in [0.2, 0.25) is 8.32 Å². The van der Waals surface area contributed by atoms with E-state index >= 15 is 0 Å². The van der Waals surface area contributed by atoms with Gasteiger partial charge in [-0.2, -0.15) is 0 Å².